The Kier molecular flexibility index (Phi) is 3.47. The molecule has 0 bridgehead atoms. The molecule has 2 rings (SSSR count). The average Bonchev–Trinajstić information content (AvgIpc) is 2.76. The molecule has 1 aliphatic heterocycles. The van der Waals surface area contributed by atoms with Gasteiger partial charge in [0, 0.05) is 12.0 Å². The smallest absolute Gasteiger partial charge is 0.228 e. The average molecular weight is 245 g/mol. The molecule has 18 heavy (non-hydrogen) atoms. The van der Waals surface area contributed by atoms with Crippen LogP contribution in [0, 0.1) is 12.3 Å². The zero-order valence-electron chi connectivity index (χ0n) is 11.9. The maximum absolute atomic E-state index is 12.5. The first-order valence-electron chi connectivity index (χ1n) is 6.78. The molecule has 1 aromatic rings. The number of aryl methyl sites for hydroxylation is 1. The molecule has 1 aliphatic rings. The molecule has 0 saturated carbocycles. The molecule has 0 radical (unpaired) electrons. The second-order valence-corrected chi connectivity index (χ2v) is 6.26. The summed E-state index contributed by atoms with van der Waals surface area (Å²) in [5, 5.41) is 0. The highest BCUT2D eigenvalue weighted by molar-refractivity contribution is 5.82. The van der Waals surface area contributed by atoms with Gasteiger partial charge in [-0.1, -0.05) is 45.0 Å². The minimum absolute atomic E-state index is 0.272. The summed E-state index contributed by atoms with van der Waals surface area (Å²) in [7, 11) is 0. The van der Waals surface area contributed by atoms with Gasteiger partial charge in [0.2, 0.25) is 5.91 Å². The van der Waals surface area contributed by atoms with Gasteiger partial charge in [-0.05, 0) is 30.9 Å². The van der Waals surface area contributed by atoms with Crippen LogP contribution < -0.4 is 0 Å². The zero-order chi connectivity index (χ0) is 13.3. The maximum atomic E-state index is 12.5. The number of carbonyl (C=O) groups is 1. The highest BCUT2D eigenvalue weighted by Gasteiger charge is 2.35. The van der Waals surface area contributed by atoms with Crippen LogP contribution in [-0.2, 0) is 4.79 Å². The summed E-state index contributed by atoms with van der Waals surface area (Å²) in [6.45, 7) is 9.04. The van der Waals surface area contributed by atoms with Gasteiger partial charge in [-0.3, -0.25) is 4.79 Å². The van der Waals surface area contributed by atoms with Crippen molar-refractivity contribution < 1.29 is 4.79 Å². The maximum Gasteiger partial charge on any atom is 0.228 e. The normalized spacial score (nSPS) is 20.2. The zero-order valence-corrected chi connectivity index (χ0v) is 11.9. The van der Waals surface area contributed by atoms with E-state index in [1.807, 2.05) is 20.8 Å². The number of carbonyl (C=O) groups excluding carboxylic acids is 1. The van der Waals surface area contributed by atoms with E-state index in [0.29, 0.717) is 0 Å². The molecule has 0 spiro atoms. The first kappa shape index (κ1) is 13.1. The Balaban J connectivity index is 2.29. The van der Waals surface area contributed by atoms with Crippen LogP contribution in [0.25, 0.3) is 0 Å². The van der Waals surface area contributed by atoms with E-state index in [9.17, 15) is 4.79 Å². The van der Waals surface area contributed by atoms with Crippen LogP contribution in [0.2, 0.25) is 0 Å². The molecule has 1 aromatic carbocycles. The van der Waals surface area contributed by atoms with E-state index in [-0.39, 0.29) is 17.4 Å². The predicted molar refractivity (Wildman–Crippen MR) is 74.3 cm³/mol. The molecule has 2 heteroatoms. The van der Waals surface area contributed by atoms with Crippen molar-refractivity contribution in [3.05, 3.63) is 35.4 Å². The summed E-state index contributed by atoms with van der Waals surface area (Å²) in [5.74, 6) is 0.272. The molecular weight excluding hydrogens is 222 g/mol. The molecule has 1 heterocycles. The molecule has 1 fully saturated rings. The second kappa shape index (κ2) is 4.75. The van der Waals surface area contributed by atoms with Gasteiger partial charge in [0.25, 0.3) is 0 Å². The Morgan fingerprint density at radius 1 is 1.28 bits per heavy atom. The molecule has 0 unspecified atom stereocenters. The molecular formula is C16H23NO. The summed E-state index contributed by atoms with van der Waals surface area (Å²) in [6.07, 6.45) is 2.20. The van der Waals surface area contributed by atoms with Crippen LogP contribution >= 0.6 is 0 Å². The third-order valence-electron chi connectivity index (χ3n) is 3.70. The van der Waals surface area contributed by atoms with Crippen molar-refractivity contribution in [3.8, 4) is 0 Å². The minimum Gasteiger partial charge on any atom is -0.335 e. The number of hydrogen-bond acceptors (Lipinski definition) is 1. The van der Waals surface area contributed by atoms with Gasteiger partial charge < -0.3 is 4.90 Å². The predicted octanol–water partition coefficient (Wildman–Crippen LogP) is 3.70. The molecule has 1 saturated heterocycles. The van der Waals surface area contributed by atoms with Crippen LogP contribution in [0.5, 0.6) is 0 Å². The van der Waals surface area contributed by atoms with Crippen molar-refractivity contribution in [1.29, 1.82) is 0 Å². The van der Waals surface area contributed by atoms with E-state index < -0.39 is 0 Å². The monoisotopic (exact) mass is 245 g/mol. The largest absolute Gasteiger partial charge is 0.335 e. The van der Waals surface area contributed by atoms with Gasteiger partial charge >= 0.3 is 0 Å². The first-order valence-corrected chi connectivity index (χ1v) is 6.78. The van der Waals surface area contributed by atoms with Crippen LogP contribution in [0.15, 0.2) is 24.3 Å². The fourth-order valence-corrected chi connectivity index (χ4v) is 2.72. The van der Waals surface area contributed by atoms with Gasteiger partial charge in [0.1, 0.15) is 0 Å². The van der Waals surface area contributed by atoms with Crippen molar-refractivity contribution in [2.75, 3.05) is 6.54 Å². The Hall–Kier alpha value is -1.31. The summed E-state index contributed by atoms with van der Waals surface area (Å²) < 4.78 is 0. The van der Waals surface area contributed by atoms with E-state index in [0.717, 1.165) is 19.4 Å². The number of rotatable bonds is 1. The Labute approximate surface area is 110 Å². The van der Waals surface area contributed by atoms with Crippen LogP contribution in [-0.4, -0.2) is 17.4 Å². The Bertz CT molecular complexity index is 445. The molecule has 0 N–H and O–H groups in total. The lowest BCUT2D eigenvalue weighted by atomic mass is 9.92. The molecule has 1 amide bonds. The number of nitrogens with zero attached hydrogens (tertiary/aromatic N) is 1. The van der Waals surface area contributed by atoms with Crippen LogP contribution in [0.1, 0.15) is 50.8 Å². The highest BCUT2D eigenvalue weighted by Crippen LogP contribution is 2.36. The topological polar surface area (TPSA) is 20.3 Å². The van der Waals surface area contributed by atoms with E-state index in [1.165, 1.54) is 11.1 Å². The summed E-state index contributed by atoms with van der Waals surface area (Å²) in [6, 6.07) is 8.70. The fraction of sp³-hybridized carbons (Fsp3) is 0.562. The number of hydrogen-bond donors (Lipinski definition) is 0. The van der Waals surface area contributed by atoms with Gasteiger partial charge in [-0.25, -0.2) is 0 Å². The van der Waals surface area contributed by atoms with E-state index >= 15 is 0 Å². The summed E-state index contributed by atoms with van der Waals surface area (Å²) >= 11 is 0. The van der Waals surface area contributed by atoms with Gasteiger partial charge in [0.05, 0.1) is 6.04 Å². The SMILES string of the molecule is Cc1ccccc1[C@@H]1CCCN1C(=O)C(C)(C)C. The van der Waals surface area contributed by atoms with Gasteiger partial charge in [-0.2, -0.15) is 0 Å². The lowest BCUT2D eigenvalue weighted by Crippen LogP contribution is -2.39. The van der Waals surface area contributed by atoms with Crippen LogP contribution in [0.3, 0.4) is 0 Å². The van der Waals surface area contributed by atoms with Crippen molar-refractivity contribution >= 4 is 5.91 Å². The van der Waals surface area contributed by atoms with E-state index in [4.69, 9.17) is 0 Å². The van der Waals surface area contributed by atoms with E-state index in [1.54, 1.807) is 0 Å². The Morgan fingerprint density at radius 2 is 1.94 bits per heavy atom. The summed E-state index contributed by atoms with van der Waals surface area (Å²) in [5.41, 5.74) is 2.31. The lowest BCUT2D eigenvalue weighted by Gasteiger charge is -2.31. The third-order valence-corrected chi connectivity index (χ3v) is 3.70. The molecule has 0 aromatic heterocycles. The van der Waals surface area contributed by atoms with Crippen molar-refractivity contribution in [2.45, 2.75) is 46.6 Å². The van der Waals surface area contributed by atoms with Crippen molar-refractivity contribution in [2.24, 2.45) is 5.41 Å². The standard InChI is InChI=1S/C16H23NO/c1-12-8-5-6-9-13(12)14-10-7-11-17(14)15(18)16(2,3)4/h5-6,8-9,14H,7,10-11H2,1-4H3/t14-/m0/s1. The highest BCUT2D eigenvalue weighted by atomic mass is 16.2. The molecule has 0 aliphatic carbocycles. The number of amides is 1. The first-order chi connectivity index (χ1) is 8.41. The minimum atomic E-state index is -0.286. The molecule has 1 atom stereocenters. The van der Waals surface area contributed by atoms with E-state index in [2.05, 4.69) is 36.1 Å². The summed E-state index contributed by atoms with van der Waals surface area (Å²) in [4.78, 5) is 14.6. The van der Waals surface area contributed by atoms with Crippen molar-refractivity contribution in [3.63, 3.8) is 0 Å². The third kappa shape index (κ3) is 2.43. The Morgan fingerprint density at radius 3 is 2.56 bits per heavy atom. The van der Waals surface area contributed by atoms with Crippen LogP contribution in [0.4, 0.5) is 0 Å². The molecule has 98 valence electrons. The fourth-order valence-electron chi connectivity index (χ4n) is 2.72. The molecule has 2 nitrogen and oxygen atoms in total. The van der Waals surface area contributed by atoms with Crippen molar-refractivity contribution in [1.82, 2.24) is 4.90 Å². The second-order valence-electron chi connectivity index (χ2n) is 6.26. The van der Waals surface area contributed by atoms with Gasteiger partial charge in [-0.15, -0.1) is 0 Å². The quantitative estimate of drug-likeness (QED) is 0.738. The number of likely N-dealkylation sites (tertiary alicyclic amines) is 1. The van der Waals surface area contributed by atoms with Gasteiger partial charge in [0.15, 0.2) is 0 Å². The number of benzene rings is 1. The lowest BCUT2D eigenvalue weighted by molar-refractivity contribution is -0.140.